The van der Waals surface area contributed by atoms with Crippen LogP contribution < -0.4 is 5.32 Å². The molecule has 0 radical (unpaired) electrons. The van der Waals surface area contributed by atoms with Gasteiger partial charge < -0.3 is 10.2 Å². The molecule has 0 bridgehead atoms. The molecule has 3 heteroatoms. The molecule has 2 aliphatic heterocycles. The van der Waals surface area contributed by atoms with Crippen LogP contribution in [0, 0.1) is 5.92 Å². The number of likely N-dealkylation sites (N-methyl/N-ethyl adjacent to an activating group) is 1. The van der Waals surface area contributed by atoms with Crippen molar-refractivity contribution in [2.24, 2.45) is 5.92 Å². The number of rotatable bonds is 0. The van der Waals surface area contributed by atoms with Crippen molar-refractivity contribution in [2.45, 2.75) is 46.6 Å². The first kappa shape index (κ1) is 14.4. The largest absolute Gasteiger partial charge is 0.352 e. The molecule has 1 amide bonds. The molecule has 2 saturated heterocycles. The standard InChI is InChI=1S/C8H14N2O.2C2H6/c1-10-4-6-2-3-8(11)9-7(6)5-10;2*1-2/h6-7H,2-5H2,1H3,(H,9,11);2*1-2H3. The second kappa shape index (κ2) is 7.69. The second-order valence-corrected chi connectivity index (χ2v) is 3.69. The smallest absolute Gasteiger partial charge is 0.220 e. The molecule has 3 nitrogen and oxygen atoms in total. The molecule has 0 aromatic carbocycles. The zero-order valence-electron chi connectivity index (χ0n) is 10.8. The van der Waals surface area contributed by atoms with Gasteiger partial charge in [-0.3, -0.25) is 4.79 Å². The molecule has 1 N–H and O–H groups in total. The molecule has 2 fully saturated rings. The molecule has 2 rings (SSSR count). The van der Waals surface area contributed by atoms with Gasteiger partial charge in [-0.15, -0.1) is 0 Å². The van der Waals surface area contributed by atoms with Crippen molar-refractivity contribution in [3.63, 3.8) is 0 Å². The summed E-state index contributed by atoms with van der Waals surface area (Å²) in [5.74, 6) is 0.958. The third-order valence-electron chi connectivity index (χ3n) is 2.71. The van der Waals surface area contributed by atoms with Crippen LogP contribution in [0.2, 0.25) is 0 Å². The third-order valence-corrected chi connectivity index (χ3v) is 2.71. The molecule has 0 aromatic heterocycles. The van der Waals surface area contributed by atoms with E-state index in [4.69, 9.17) is 0 Å². The number of hydrogen-bond acceptors (Lipinski definition) is 2. The molecule has 90 valence electrons. The molecule has 0 spiro atoms. The number of carbonyl (C=O) groups excluding carboxylic acids is 1. The summed E-state index contributed by atoms with van der Waals surface area (Å²) in [6.07, 6.45) is 1.82. The van der Waals surface area contributed by atoms with Crippen molar-refractivity contribution in [3.05, 3.63) is 0 Å². The lowest BCUT2D eigenvalue weighted by Gasteiger charge is -2.24. The van der Waals surface area contributed by atoms with E-state index in [0.29, 0.717) is 6.04 Å². The average Bonchev–Trinajstić information content (AvgIpc) is 2.63. The van der Waals surface area contributed by atoms with Gasteiger partial charge in [0.25, 0.3) is 0 Å². The molecule has 0 aromatic rings. The Morgan fingerprint density at radius 1 is 1.20 bits per heavy atom. The summed E-state index contributed by atoms with van der Waals surface area (Å²) in [5, 5.41) is 3.03. The van der Waals surface area contributed by atoms with Gasteiger partial charge in [-0.05, 0) is 19.4 Å². The highest BCUT2D eigenvalue weighted by atomic mass is 16.1. The first-order valence-electron chi connectivity index (χ1n) is 6.23. The minimum absolute atomic E-state index is 0.238. The quantitative estimate of drug-likeness (QED) is 0.668. The number of nitrogens with one attached hydrogen (secondary N) is 1. The first-order chi connectivity index (χ1) is 7.25. The van der Waals surface area contributed by atoms with E-state index in [1.807, 2.05) is 27.7 Å². The van der Waals surface area contributed by atoms with Gasteiger partial charge in [0.15, 0.2) is 0 Å². The van der Waals surface area contributed by atoms with Gasteiger partial charge >= 0.3 is 0 Å². The second-order valence-electron chi connectivity index (χ2n) is 3.69. The maximum absolute atomic E-state index is 11.0. The number of piperidine rings is 1. The van der Waals surface area contributed by atoms with Crippen molar-refractivity contribution in [2.75, 3.05) is 20.1 Å². The normalized spacial score (nSPS) is 29.0. The van der Waals surface area contributed by atoms with Crippen LogP contribution in [0.15, 0.2) is 0 Å². The van der Waals surface area contributed by atoms with Gasteiger partial charge in [0, 0.05) is 25.6 Å². The summed E-state index contributed by atoms with van der Waals surface area (Å²) in [6.45, 7) is 10.2. The highest BCUT2D eigenvalue weighted by Gasteiger charge is 2.34. The zero-order chi connectivity index (χ0) is 11.8. The molecule has 2 heterocycles. The van der Waals surface area contributed by atoms with Gasteiger partial charge in [-0.2, -0.15) is 0 Å². The predicted octanol–water partition coefficient (Wildman–Crippen LogP) is 1.88. The number of carbonyl (C=O) groups is 1. The SMILES string of the molecule is CC.CC.CN1CC2CCC(=O)NC2C1. The first-order valence-corrected chi connectivity index (χ1v) is 6.23. The van der Waals surface area contributed by atoms with Crippen molar-refractivity contribution >= 4 is 5.91 Å². The molecule has 15 heavy (non-hydrogen) atoms. The van der Waals surface area contributed by atoms with Crippen molar-refractivity contribution in [1.29, 1.82) is 0 Å². The Balaban J connectivity index is 0.000000442. The Hall–Kier alpha value is -0.570. The van der Waals surface area contributed by atoms with E-state index in [0.717, 1.165) is 31.8 Å². The minimum Gasteiger partial charge on any atom is -0.352 e. The maximum Gasteiger partial charge on any atom is 0.220 e. The molecule has 0 aliphatic carbocycles. The van der Waals surface area contributed by atoms with E-state index in [9.17, 15) is 4.79 Å². The summed E-state index contributed by atoms with van der Waals surface area (Å²) in [4.78, 5) is 13.3. The van der Waals surface area contributed by atoms with E-state index < -0.39 is 0 Å². The van der Waals surface area contributed by atoms with E-state index >= 15 is 0 Å². The van der Waals surface area contributed by atoms with Gasteiger partial charge in [0.1, 0.15) is 0 Å². The summed E-state index contributed by atoms with van der Waals surface area (Å²) in [5.41, 5.74) is 0. The van der Waals surface area contributed by atoms with E-state index in [1.54, 1.807) is 0 Å². The molecule has 2 atom stereocenters. The molecule has 0 saturated carbocycles. The Morgan fingerprint density at radius 3 is 2.40 bits per heavy atom. The lowest BCUT2D eigenvalue weighted by molar-refractivity contribution is -0.123. The monoisotopic (exact) mass is 214 g/mol. The minimum atomic E-state index is 0.238. The van der Waals surface area contributed by atoms with Gasteiger partial charge in [0.2, 0.25) is 5.91 Å². The third kappa shape index (κ3) is 4.20. The zero-order valence-corrected chi connectivity index (χ0v) is 10.8. The van der Waals surface area contributed by atoms with Crippen LogP contribution in [0.25, 0.3) is 0 Å². The van der Waals surface area contributed by atoms with Crippen LogP contribution in [0.4, 0.5) is 0 Å². The number of likely N-dealkylation sites (tertiary alicyclic amines) is 1. The summed E-state index contributed by atoms with van der Waals surface area (Å²) < 4.78 is 0. The van der Waals surface area contributed by atoms with Crippen LogP contribution in [0.5, 0.6) is 0 Å². The van der Waals surface area contributed by atoms with Crippen molar-refractivity contribution in [1.82, 2.24) is 10.2 Å². The summed E-state index contributed by atoms with van der Waals surface area (Å²) >= 11 is 0. The Bertz CT molecular complexity index is 182. The Labute approximate surface area is 94.2 Å². The Morgan fingerprint density at radius 2 is 1.80 bits per heavy atom. The summed E-state index contributed by atoms with van der Waals surface area (Å²) in [7, 11) is 2.12. The van der Waals surface area contributed by atoms with Crippen LogP contribution in [0.1, 0.15) is 40.5 Å². The van der Waals surface area contributed by atoms with Crippen LogP contribution in [-0.4, -0.2) is 37.0 Å². The molecular formula is C12H26N2O. The maximum atomic E-state index is 11.0. The van der Waals surface area contributed by atoms with Crippen LogP contribution in [-0.2, 0) is 4.79 Å². The molecular weight excluding hydrogens is 188 g/mol. The fourth-order valence-electron chi connectivity index (χ4n) is 2.14. The van der Waals surface area contributed by atoms with Crippen molar-refractivity contribution in [3.8, 4) is 0 Å². The molecule has 2 aliphatic rings. The van der Waals surface area contributed by atoms with Crippen LogP contribution >= 0.6 is 0 Å². The summed E-state index contributed by atoms with van der Waals surface area (Å²) in [6, 6.07) is 0.446. The van der Waals surface area contributed by atoms with E-state index in [1.165, 1.54) is 0 Å². The van der Waals surface area contributed by atoms with E-state index in [-0.39, 0.29) is 5.91 Å². The number of amides is 1. The number of hydrogen-bond donors (Lipinski definition) is 1. The van der Waals surface area contributed by atoms with Gasteiger partial charge in [-0.25, -0.2) is 0 Å². The highest BCUT2D eigenvalue weighted by Crippen LogP contribution is 2.23. The topological polar surface area (TPSA) is 32.3 Å². The van der Waals surface area contributed by atoms with E-state index in [2.05, 4.69) is 17.3 Å². The lowest BCUT2D eigenvalue weighted by atomic mass is 9.94. The number of fused-ring (bicyclic) bond motifs is 1. The fourth-order valence-corrected chi connectivity index (χ4v) is 2.14. The highest BCUT2D eigenvalue weighted by molar-refractivity contribution is 5.77. The molecule has 2 unspecified atom stereocenters. The number of nitrogens with zero attached hydrogens (tertiary/aromatic N) is 1. The predicted molar refractivity (Wildman–Crippen MR) is 64.8 cm³/mol. The Kier molecular flexibility index (Phi) is 7.39. The lowest BCUT2D eigenvalue weighted by Crippen LogP contribution is -2.44. The van der Waals surface area contributed by atoms with Gasteiger partial charge in [0.05, 0.1) is 0 Å². The van der Waals surface area contributed by atoms with Crippen molar-refractivity contribution < 1.29 is 4.79 Å². The average molecular weight is 214 g/mol. The van der Waals surface area contributed by atoms with Gasteiger partial charge in [-0.1, -0.05) is 27.7 Å². The fraction of sp³-hybridized carbons (Fsp3) is 0.917. The van der Waals surface area contributed by atoms with Crippen LogP contribution in [0.3, 0.4) is 0 Å².